The predicted octanol–water partition coefficient (Wildman–Crippen LogP) is -2.88. The summed E-state index contributed by atoms with van der Waals surface area (Å²) in [6.07, 6.45) is 0. The Balaban J connectivity index is 0.000000383. The molecule has 6 heteroatoms. The molecule has 4 radical (unpaired) electrons. The molecule has 0 aliphatic carbocycles. The van der Waals surface area contributed by atoms with Gasteiger partial charge in [0.25, 0.3) is 0 Å². The van der Waals surface area contributed by atoms with Gasteiger partial charge in [0.05, 0.1) is 0 Å². The van der Waals surface area contributed by atoms with Gasteiger partial charge in [0.2, 0.25) is 0 Å². The van der Waals surface area contributed by atoms with Crippen molar-refractivity contribution < 1.29 is 14.1 Å². The van der Waals surface area contributed by atoms with Gasteiger partial charge in [-0.1, -0.05) is 170 Å². The Morgan fingerprint density at radius 3 is 0.762 bits per heavy atom. The van der Waals surface area contributed by atoms with Crippen LogP contribution in [0.2, 0.25) is 0 Å². The van der Waals surface area contributed by atoms with Crippen molar-refractivity contribution in [3.05, 3.63) is 182 Å². The molecule has 0 unspecified atom stereocenters. The van der Waals surface area contributed by atoms with E-state index in [1.165, 1.54) is 31.8 Å². The minimum absolute atomic E-state index is 0. The molecule has 0 aliphatic heterocycles. The number of benzene rings is 6. The van der Waals surface area contributed by atoms with Crippen LogP contribution in [0.25, 0.3) is 0 Å². The number of rotatable bonds is 6. The fourth-order valence-corrected chi connectivity index (χ4v) is 8.68. The Bertz CT molecular complexity index is 1190. The van der Waals surface area contributed by atoms with Gasteiger partial charge < -0.3 is 14.1 Å². The molecule has 0 saturated carbocycles. The molecule has 6 aromatic carbocycles. The SMILES string of the molecule is [F-].[F-].[F-].[Sb+3].[c]1ccccc1P(c1ccccc1)c1ccccc1.[c]1ccccc1P(c1ccccc1)c1ccccc1. The molecule has 6 rings (SSSR count). The third-order valence-corrected chi connectivity index (χ3v) is 10.7. The Kier molecular flexibility index (Phi) is 17.4. The number of hydrogen-bond acceptors (Lipinski definition) is 0. The van der Waals surface area contributed by atoms with Gasteiger partial charge in [-0.25, -0.2) is 0 Å². The Labute approximate surface area is 266 Å². The van der Waals surface area contributed by atoms with Crippen LogP contribution >= 0.6 is 15.8 Å². The summed E-state index contributed by atoms with van der Waals surface area (Å²) in [6.45, 7) is 0. The summed E-state index contributed by atoms with van der Waals surface area (Å²) in [6, 6.07) is 66.1. The summed E-state index contributed by atoms with van der Waals surface area (Å²) < 4.78 is 0. The van der Waals surface area contributed by atoms with Crippen molar-refractivity contribution in [1.29, 1.82) is 0 Å². The average Bonchev–Trinajstić information content (AvgIpc) is 3.01. The summed E-state index contributed by atoms with van der Waals surface area (Å²) >= 11 is 0. The smallest absolute Gasteiger partial charge is 1.00 e. The third-order valence-electron chi connectivity index (χ3n) is 5.92. The molecule has 0 atom stereocenters. The molecule has 0 N–H and O–H groups in total. The normalized spacial score (nSPS) is 9.57. The van der Waals surface area contributed by atoms with Crippen molar-refractivity contribution >= 4 is 72.1 Å². The second-order valence-electron chi connectivity index (χ2n) is 8.51. The van der Waals surface area contributed by atoms with E-state index in [1.54, 1.807) is 0 Å². The van der Waals surface area contributed by atoms with Gasteiger partial charge in [-0.15, -0.1) is 0 Å². The quantitative estimate of drug-likeness (QED) is 0.130. The fraction of sp³-hybridized carbons (Fsp3) is 0. The fourth-order valence-electron chi connectivity index (χ4n) is 4.21. The molecule has 0 aliphatic rings. The largest absolute Gasteiger partial charge is 3.00 e. The first-order valence-electron chi connectivity index (χ1n) is 12.6. The molecule has 0 aromatic heterocycles. The zero-order valence-corrected chi connectivity index (χ0v) is 27.0. The second kappa shape index (κ2) is 19.8. The van der Waals surface area contributed by atoms with Gasteiger partial charge in [-0.2, -0.15) is 0 Å². The minimum atomic E-state index is -0.502. The van der Waals surface area contributed by atoms with E-state index >= 15 is 0 Å². The number of hydrogen-bond donors (Lipinski definition) is 0. The van der Waals surface area contributed by atoms with Crippen molar-refractivity contribution in [2.24, 2.45) is 0 Å². The van der Waals surface area contributed by atoms with Crippen LogP contribution in [-0.2, 0) is 0 Å². The molecule has 0 fully saturated rings. The predicted molar refractivity (Wildman–Crippen MR) is 174 cm³/mol. The second-order valence-corrected chi connectivity index (χ2v) is 12.9. The van der Waals surface area contributed by atoms with Crippen molar-refractivity contribution in [3.8, 4) is 0 Å². The molecule has 0 saturated heterocycles. The first-order valence-corrected chi connectivity index (χ1v) is 15.3. The van der Waals surface area contributed by atoms with Crippen LogP contribution in [0.4, 0.5) is 0 Å². The zero-order valence-electron chi connectivity index (χ0n) is 22.6. The van der Waals surface area contributed by atoms with Crippen LogP contribution in [0, 0.1) is 12.1 Å². The average molecular weight is 701 g/mol. The van der Waals surface area contributed by atoms with Crippen LogP contribution in [0.15, 0.2) is 170 Å². The topological polar surface area (TPSA) is 0 Å². The van der Waals surface area contributed by atoms with Crippen LogP contribution in [-0.4, -0.2) is 24.4 Å². The van der Waals surface area contributed by atoms with Gasteiger partial charge in [-0.3, -0.25) is 0 Å². The van der Waals surface area contributed by atoms with Gasteiger partial charge in [-0.05, 0) is 59.8 Å². The summed E-state index contributed by atoms with van der Waals surface area (Å²) in [5.41, 5.74) is 0. The molecular weight excluding hydrogens is 673 g/mol. The van der Waals surface area contributed by atoms with Crippen molar-refractivity contribution in [2.75, 3.05) is 0 Å². The molecule has 0 spiro atoms. The van der Waals surface area contributed by atoms with Gasteiger partial charge in [0, 0.05) is 0 Å². The van der Waals surface area contributed by atoms with Crippen molar-refractivity contribution in [3.63, 3.8) is 0 Å². The van der Waals surface area contributed by atoms with E-state index in [2.05, 4.69) is 158 Å². The van der Waals surface area contributed by atoms with Crippen molar-refractivity contribution in [1.82, 2.24) is 0 Å². The molecular formula is C36H28F3P2Sb. The number of halogens is 3. The molecule has 0 nitrogen and oxygen atoms in total. The van der Waals surface area contributed by atoms with E-state index in [-0.39, 0.29) is 38.5 Å². The van der Waals surface area contributed by atoms with E-state index in [0.29, 0.717) is 0 Å². The Hall–Kier alpha value is -3.21. The van der Waals surface area contributed by atoms with Crippen LogP contribution in [0.1, 0.15) is 0 Å². The Morgan fingerprint density at radius 1 is 0.310 bits per heavy atom. The summed E-state index contributed by atoms with van der Waals surface area (Å²) in [5.74, 6) is 0. The minimum Gasteiger partial charge on any atom is -1.00 e. The molecule has 208 valence electrons. The van der Waals surface area contributed by atoms with Crippen LogP contribution in [0.5, 0.6) is 0 Å². The van der Waals surface area contributed by atoms with E-state index in [0.717, 1.165) is 0 Å². The monoisotopic (exact) mass is 700 g/mol. The maximum Gasteiger partial charge on any atom is 3.00 e. The van der Waals surface area contributed by atoms with Crippen molar-refractivity contribution in [2.45, 2.75) is 0 Å². The third kappa shape index (κ3) is 9.96. The molecule has 6 aromatic rings. The van der Waals surface area contributed by atoms with Gasteiger partial charge in [0.15, 0.2) is 0 Å². The van der Waals surface area contributed by atoms with E-state index in [9.17, 15) is 0 Å². The first-order chi connectivity index (χ1) is 18.9. The maximum atomic E-state index is 3.39. The zero-order chi connectivity index (χ0) is 25.8. The molecule has 0 heterocycles. The summed E-state index contributed by atoms with van der Waals surface area (Å²) in [4.78, 5) is 0. The molecule has 0 bridgehead atoms. The van der Waals surface area contributed by atoms with Gasteiger partial charge >= 0.3 is 24.4 Å². The van der Waals surface area contributed by atoms with Crippen LogP contribution < -0.4 is 45.9 Å². The van der Waals surface area contributed by atoms with E-state index in [4.69, 9.17) is 0 Å². The summed E-state index contributed by atoms with van der Waals surface area (Å²) in [5, 5.41) is 8.01. The molecule has 42 heavy (non-hydrogen) atoms. The summed E-state index contributed by atoms with van der Waals surface area (Å²) in [7, 11) is -1.00. The standard InChI is InChI=1S/2C18H14P.3FH.Sb/c2*1-4-10-16(11-5-1)19(17-12-6-2-7-13-17)18-14-8-3-9-15-18;;;;/h2*1-14H;3*1H;/q;;;;;+3/p-3. The maximum absolute atomic E-state index is 3.39. The Morgan fingerprint density at radius 2 is 0.548 bits per heavy atom. The first kappa shape index (κ1) is 36.8. The van der Waals surface area contributed by atoms with Gasteiger partial charge in [0.1, 0.15) is 0 Å². The van der Waals surface area contributed by atoms with E-state index in [1.807, 2.05) is 24.3 Å². The van der Waals surface area contributed by atoms with Crippen LogP contribution in [0.3, 0.4) is 0 Å². The molecule has 0 amide bonds. The van der Waals surface area contributed by atoms with E-state index < -0.39 is 15.8 Å².